The van der Waals surface area contributed by atoms with Crippen molar-refractivity contribution in [2.75, 3.05) is 13.2 Å². The van der Waals surface area contributed by atoms with Gasteiger partial charge >= 0.3 is 0 Å². The number of fused-ring (bicyclic) bond motifs is 1. The summed E-state index contributed by atoms with van der Waals surface area (Å²) in [5.74, 6) is 1.30. The summed E-state index contributed by atoms with van der Waals surface area (Å²) >= 11 is 1.67. The van der Waals surface area contributed by atoms with Crippen LogP contribution < -0.4 is 10.5 Å². The first-order valence-electron chi connectivity index (χ1n) is 8.08. The molecule has 0 spiro atoms. The first kappa shape index (κ1) is 16.0. The van der Waals surface area contributed by atoms with Crippen LogP contribution in [0.4, 0.5) is 0 Å². The third-order valence-electron chi connectivity index (χ3n) is 3.88. The van der Waals surface area contributed by atoms with Gasteiger partial charge in [-0.3, -0.25) is 4.40 Å². The van der Waals surface area contributed by atoms with Gasteiger partial charge in [-0.25, -0.2) is 4.98 Å². The summed E-state index contributed by atoms with van der Waals surface area (Å²) in [6.45, 7) is 7.64. The fraction of sp³-hybridized carbons (Fsp3) is 0.389. The minimum Gasteiger partial charge on any atom is -0.493 e. The van der Waals surface area contributed by atoms with E-state index in [2.05, 4.69) is 29.7 Å². The van der Waals surface area contributed by atoms with Crippen molar-refractivity contribution in [2.24, 2.45) is 5.73 Å². The molecule has 2 aromatic heterocycles. The molecule has 2 heterocycles. The summed E-state index contributed by atoms with van der Waals surface area (Å²) in [6.07, 6.45) is 0.829. The van der Waals surface area contributed by atoms with Crippen molar-refractivity contribution < 1.29 is 4.74 Å². The molecule has 0 aliphatic heterocycles. The van der Waals surface area contributed by atoms with Crippen molar-refractivity contribution in [3.63, 3.8) is 0 Å². The fourth-order valence-electron chi connectivity index (χ4n) is 2.92. The molecule has 0 bridgehead atoms. The van der Waals surface area contributed by atoms with E-state index in [-0.39, 0.29) is 0 Å². The Bertz CT molecular complexity index is 804. The minimum atomic E-state index is 0.388. The van der Waals surface area contributed by atoms with Gasteiger partial charge in [0, 0.05) is 23.1 Å². The van der Waals surface area contributed by atoms with Crippen LogP contribution in [0, 0.1) is 0 Å². The summed E-state index contributed by atoms with van der Waals surface area (Å²) in [5.41, 5.74) is 10.5. The summed E-state index contributed by atoms with van der Waals surface area (Å²) in [4.78, 5) is 5.86. The molecule has 0 radical (unpaired) electrons. The molecule has 0 saturated heterocycles. The van der Waals surface area contributed by atoms with Crippen LogP contribution in [0.5, 0.6) is 5.75 Å². The molecule has 5 heteroatoms. The standard InChI is InChI=1S/C18H23N3OS/c1-4-22-16-8-6-5-7-13(16)15-11-23-18-20-17(12(2)3)14(9-10-19)21(15)18/h5-8,11-12H,4,9-10,19H2,1-3H3. The van der Waals surface area contributed by atoms with Crippen LogP contribution in [0.3, 0.4) is 0 Å². The predicted octanol–water partition coefficient (Wildman–Crippen LogP) is 4.09. The number of thiazole rings is 1. The second-order valence-electron chi connectivity index (χ2n) is 5.81. The lowest BCUT2D eigenvalue weighted by Gasteiger charge is -2.11. The molecule has 0 amide bonds. The molecule has 0 saturated carbocycles. The van der Waals surface area contributed by atoms with E-state index < -0.39 is 0 Å². The highest BCUT2D eigenvalue weighted by Crippen LogP contribution is 2.35. The number of aromatic nitrogens is 2. The molecular formula is C18H23N3OS. The van der Waals surface area contributed by atoms with E-state index in [4.69, 9.17) is 15.5 Å². The van der Waals surface area contributed by atoms with Crippen LogP contribution in [0.2, 0.25) is 0 Å². The Morgan fingerprint density at radius 1 is 1.30 bits per heavy atom. The molecule has 2 N–H and O–H groups in total. The number of para-hydroxylation sites is 1. The smallest absolute Gasteiger partial charge is 0.194 e. The number of ether oxygens (including phenoxy) is 1. The number of hydrogen-bond donors (Lipinski definition) is 1. The molecule has 3 aromatic rings. The molecule has 3 rings (SSSR count). The SMILES string of the molecule is CCOc1ccccc1-c1csc2nc(C(C)C)c(CCN)n12. The molecule has 4 nitrogen and oxygen atoms in total. The average Bonchev–Trinajstić information content (AvgIpc) is 3.09. The van der Waals surface area contributed by atoms with Crippen LogP contribution in [0.25, 0.3) is 16.2 Å². The van der Waals surface area contributed by atoms with Gasteiger partial charge in [0.15, 0.2) is 4.96 Å². The van der Waals surface area contributed by atoms with Crippen molar-refractivity contribution in [3.05, 3.63) is 41.0 Å². The molecular weight excluding hydrogens is 306 g/mol. The predicted molar refractivity (Wildman–Crippen MR) is 96.5 cm³/mol. The van der Waals surface area contributed by atoms with Crippen molar-refractivity contribution in [2.45, 2.75) is 33.1 Å². The number of hydrogen-bond acceptors (Lipinski definition) is 4. The van der Waals surface area contributed by atoms with Gasteiger partial charge < -0.3 is 10.5 Å². The number of imidazole rings is 1. The summed E-state index contributed by atoms with van der Waals surface area (Å²) < 4.78 is 8.06. The molecule has 0 fully saturated rings. The summed E-state index contributed by atoms with van der Waals surface area (Å²) in [5, 5.41) is 2.16. The van der Waals surface area contributed by atoms with Crippen molar-refractivity contribution in [3.8, 4) is 17.0 Å². The van der Waals surface area contributed by atoms with Gasteiger partial charge in [-0.2, -0.15) is 0 Å². The van der Waals surface area contributed by atoms with E-state index in [1.165, 1.54) is 5.69 Å². The zero-order valence-electron chi connectivity index (χ0n) is 13.9. The molecule has 0 aliphatic rings. The Morgan fingerprint density at radius 2 is 2.09 bits per heavy atom. The topological polar surface area (TPSA) is 52.5 Å². The maximum Gasteiger partial charge on any atom is 0.194 e. The lowest BCUT2D eigenvalue weighted by Crippen LogP contribution is -2.08. The van der Waals surface area contributed by atoms with Crippen LogP contribution in [-0.4, -0.2) is 22.5 Å². The Labute approximate surface area is 140 Å². The van der Waals surface area contributed by atoms with Gasteiger partial charge in [-0.1, -0.05) is 26.0 Å². The normalized spacial score (nSPS) is 11.5. The van der Waals surface area contributed by atoms with Gasteiger partial charge in [-0.15, -0.1) is 11.3 Å². The molecule has 1 aromatic carbocycles. The highest BCUT2D eigenvalue weighted by atomic mass is 32.1. The maximum absolute atomic E-state index is 5.85. The zero-order chi connectivity index (χ0) is 16.4. The van der Waals surface area contributed by atoms with Gasteiger partial charge in [0.1, 0.15) is 5.75 Å². The number of nitrogens with two attached hydrogens (primary N) is 1. The highest BCUT2D eigenvalue weighted by Gasteiger charge is 2.20. The summed E-state index contributed by atoms with van der Waals surface area (Å²) in [7, 11) is 0. The lowest BCUT2D eigenvalue weighted by atomic mass is 10.1. The van der Waals surface area contributed by atoms with Gasteiger partial charge in [0.2, 0.25) is 0 Å². The van der Waals surface area contributed by atoms with E-state index in [9.17, 15) is 0 Å². The van der Waals surface area contributed by atoms with Crippen LogP contribution in [-0.2, 0) is 6.42 Å². The largest absolute Gasteiger partial charge is 0.493 e. The first-order valence-corrected chi connectivity index (χ1v) is 8.96. The third-order valence-corrected chi connectivity index (χ3v) is 4.71. The zero-order valence-corrected chi connectivity index (χ0v) is 14.7. The molecule has 0 atom stereocenters. The van der Waals surface area contributed by atoms with E-state index >= 15 is 0 Å². The number of rotatable bonds is 6. The number of benzene rings is 1. The van der Waals surface area contributed by atoms with Crippen molar-refractivity contribution in [1.82, 2.24) is 9.38 Å². The van der Waals surface area contributed by atoms with Crippen LogP contribution in [0.15, 0.2) is 29.6 Å². The Morgan fingerprint density at radius 3 is 2.78 bits per heavy atom. The second-order valence-corrected chi connectivity index (χ2v) is 6.64. The van der Waals surface area contributed by atoms with E-state index in [0.29, 0.717) is 19.1 Å². The van der Waals surface area contributed by atoms with E-state index in [1.54, 1.807) is 11.3 Å². The van der Waals surface area contributed by atoms with E-state index in [1.807, 2.05) is 25.1 Å². The third kappa shape index (κ3) is 2.86. The lowest BCUT2D eigenvalue weighted by molar-refractivity contribution is 0.341. The number of nitrogens with zero attached hydrogens (tertiary/aromatic N) is 2. The summed E-state index contributed by atoms with van der Waals surface area (Å²) in [6, 6.07) is 8.18. The van der Waals surface area contributed by atoms with Crippen molar-refractivity contribution in [1.29, 1.82) is 0 Å². The van der Waals surface area contributed by atoms with Gasteiger partial charge in [-0.05, 0) is 31.5 Å². The Balaban J connectivity index is 2.23. The van der Waals surface area contributed by atoms with Crippen LogP contribution in [0.1, 0.15) is 38.1 Å². The molecule has 122 valence electrons. The monoisotopic (exact) mass is 329 g/mol. The molecule has 23 heavy (non-hydrogen) atoms. The second kappa shape index (κ2) is 6.72. The van der Waals surface area contributed by atoms with Crippen molar-refractivity contribution >= 4 is 16.3 Å². The quantitative estimate of drug-likeness (QED) is 0.741. The fourth-order valence-corrected chi connectivity index (χ4v) is 3.83. The highest BCUT2D eigenvalue weighted by molar-refractivity contribution is 7.15. The molecule has 0 unspecified atom stereocenters. The minimum absolute atomic E-state index is 0.388. The first-order chi connectivity index (χ1) is 11.2. The average molecular weight is 329 g/mol. The van der Waals surface area contributed by atoms with Crippen LogP contribution >= 0.6 is 11.3 Å². The van der Waals surface area contributed by atoms with Gasteiger partial charge in [0.05, 0.1) is 18.0 Å². The Hall–Kier alpha value is -1.85. The van der Waals surface area contributed by atoms with Gasteiger partial charge in [0.25, 0.3) is 0 Å². The maximum atomic E-state index is 5.85. The Kier molecular flexibility index (Phi) is 4.68. The molecule has 0 aliphatic carbocycles. The van der Waals surface area contributed by atoms with E-state index in [0.717, 1.165) is 34.1 Å².